The van der Waals surface area contributed by atoms with Crippen LogP contribution < -0.4 is 10.6 Å². The van der Waals surface area contributed by atoms with Crippen LogP contribution in [-0.2, 0) is 0 Å². The second-order valence-corrected chi connectivity index (χ2v) is 10.3. The number of nitrogens with one attached hydrogen (secondary N) is 2. The standard InChI is InChI=1S/C33H47FN4O3/c1-6-8-11-26(7-2)24(4)37-23(3)15-16-27(19-21-36-25(5)35-20-10-14-32(39)40)33(41)38-31-13-9-12-28-22-29(34)17-18-30(28)31/h6-7,11,15-19,21,29,31-33,38-41H,1-2,8-10,12-14,20,22H2,3-5H3,(H,35,36)/b21-19+,23-15+,26-11?,27-16+,37-24?. The maximum Gasteiger partial charge on any atom is 0.151 e. The van der Waals surface area contributed by atoms with Crippen molar-refractivity contribution in [2.75, 3.05) is 6.54 Å². The third kappa shape index (κ3) is 12.5. The molecular weight excluding hydrogens is 519 g/mol. The third-order valence-corrected chi connectivity index (χ3v) is 6.90. The Hall–Kier alpha value is -3.17. The molecule has 0 amide bonds. The summed E-state index contributed by atoms with van der Waals surface area (Å²) < 4.78 is 13.9. The number of aliphatic hydroxyl groups excluding tert-OH is 2. The monoisotopic (exact) mass is 566 g/mol. The topological polar surface area (TPSA) is 109 Å². The molecule has 0 radical (unpaired) electrons. The van der Waals surface area contributed by atoms with E-state index in [9.17, 15) is 9.50 Å². The molecule has 8 heteroatoms. The number of rotatable bonds is 15. The van der Waals surface area contributed by atoms with E-state index in [2.05, 4.69) is 33.8 Å². The van der Waals surface area contributed by atoms with E-state index in [0.717, 1.165) is 53.8 Å². The average Bonchev–Trinajstić information content (AvgIpc) is 2.93. The lowest BCUT2D eigenvalue weighted by molar-refractivity contribution is -0.0457. The minimum atomic E-state index is -1.32. The predicted octanol–water partition coefficient (Wildman–Crippen LogP) is 5.63. The van der Waals surface area contributed by atoms with Crippen LogP contribution >= 0.6 is 0 Å². The van der Waals surface area contributed by atoms with Crippen molar-refractivity contribution in [3.63, 3.8) is 0 Å². The van der Waals surface area contributed by atoms with E-state index in [4.69, 9.17) is 10.2 Å². The number of aliphatic imine (C=N–C) groups is 2. The number of nitrogens with zero attached hydrogens (tertiary/aromatic N) is 2. The molecule has 2 aliphatic rings. The van der Waals surface area contributed by atoms with Gasteiger partial charge in [-0.15, -0.1) is 6.58 Å². The van der Waals surface area contributed by atoms with Gasteiger partial charge in [0.05, 0.1) is 5.84 Å². The fourth-order valence-electron chi connectivity index (χ4n) is 4.73. The Morgan fingerprint density at radius 2 is 1.98 bits per heavy atom. The Kier molecular flexibility index (Phi) is 15.2. The van der Waals surface area contributed by atoms with Gasteiger partial charge in [-0.1, -0.05) is 48.6 Å². The van der Waals surface area contributed by atoms with Crippen molar-refractivity contribution >= 4 is 11.5 Å². The number of amidine groups is 1. The van der Waals surface area contributed by atoms with Crippen LogP contribution in [0, 0.1) is 0 Å². The summed E-state index contributed by atoms with van der Waals surface area (Å²) in [5.74, 6) is 0.667. The first-order chi connectivity index (χ1) is 19.6. The summed E-state index contributed by atoms with van der Waals surface area (Å²) in [7, 11) is 0. The highest BCUT2D eigenvalue weighted by molar-refractivity contribution is 6.01. The van der Waals surface area contributed by atoms with Crippen molar-refractivity contribution in [2.45, 2.75) is 90.4 Å². The molecule has 0 aliphatic heterocycles. The first-order valence-corrected chi connectivity index (χ1v) is 14.3. The lowest BCUT2D eigenvalue weighted by Crippen LogP contribution is -2.42. The van der Waals surface area contributed by atoms with Crippen LogP contribution in [0.2, 0.25) is 0 Å². The van der Waals surface area contributed by atoms with E-state index >= 15 is 0 Å². The lowest BCUT2D eigenvalue weighted by Gasteiger charge is -2.32. The first-order valence-electron chi connectivity index (χ1n) is 14.3. The first kappa shape index (κ1) is 34.0. The summed E-state index contributed by atoms with van der Waals surface area (Å²) in [6.45, 7) is 13.7. The SMILES string of the molecule is C=CCC=C(C=C)C(C)=N/C(C)=C/C=C(\C=C\NC(C)=NCCCC(O)O)C(O)NC1CCCC2=C1C=CC(F)C2. The normalized spacial score (nSPS) is 21.9. The van der Waals surface area contributed by atoms with Gasteiger partial charge in [0.2, 0.25) is 0 Å². The van der Waals surface area contributed by atoms with E-state index < -0.39 is 18.7 Å². The van der Waals surface area contributed by atoms with Crippen molar-refractivity contribution in [1.29, 1.82) is 0 Å². The Morgan fingerprint density at radius 1 is 1.20 bits per heavy atom. The molecule has 2 rings (SSSR count). The molecule has 0 aromatic carbocycles. The van der Waals surface area contributed by atoms with Crippen LogP contribution in [0.5, 0.6) is 0 Å². The van der Waals surface area contributed by atoms with Crippen molar-refractivity contribution in [2.24, 2.45) is 9.98 Å². The molecule has 2 aliphatic carbocycles. The number of allylic oxidation sites excluding steroid dienone is 9. The molecule has 3 unspecified atom stereocenters. The second kappa shape index (κ2) is 18.3. The summed E-state index contributed by atoms with van der Waals surface area (Å²) in [5, 5.41) is 35.6. The van der Waals surface area contributed by atoms with Crippen LogP contribution in [0.1, 0.15) is 65.7 Å². The van der Waals surface area contributed by atoms with Gasteiger partial charge >= 0.3 is 0 Å². The van der Waals surface area contributed by atoms with Crippen molar-refractivity contribution < 1.29 is 19.7 Å². The molecule has 0 spiro atoms. The zero-order valence-electron chi connectivity index (χ0n) is 24.7. The maximum absolute atomic E-state index is 13.9. The number of halogens is 1. The second-order valence-electron chi connectivity index (χ2n) is 10.3. The number of hydrogen-bond donors (Lipinski definition) is 5. The average molecular weight is 567 g/mol. The van der Waals surface area contributed by atoms with Gasteiger partial charge in [0.1, 0.15) is 12.4 Å². The third-order valence-electron chi connectivity index (χ3n) is 6.90. The van der Waals surface area contributed by atoms with Gasteiger partial charge < -0.3 is 20.6 Å². The fourth-order valence-corrected chi connectivity index (χ4v) is 4.73. The van der Waals surface area contributed by atoms with Gasteiger partial charge in [0, 0.05) is 36.6 Å². The Balaban J connectivity index is 2.25. The van der Waals surface area contributed by atoms with Crippen molar-refractivity contribution in [3.05, 3.63) is 96.0 Å². The van der Waals surface area contributed by atoms with Crippen molar-refractivity contribution in [3.8, 4) is 0 Å². The highest BCUT2D eigenvalue weighted by Gasteiger charge is 2.27. The molecule has 0 saturated heterocycles. The van der Waals surface area contributed by atoms with Gasteiger partial charge in [0.25, 0.3) is 0 Å². The molecular formula is C33H47FN4O3. The van der Waals surface area contributed by atoms with Crippen LogP contribution in [0.15, 0.2) is 106 Å². The number of alkyl halides is 1. The molecule has 0 bridgehead atoms. The zero-order chi connectivity index (χ0) is 30.2. The molecule has 3 atom stereocenters. The summed E-state index contributed by atoms with van der Waals surface area (Å²) in [5.41, 5.74) is 5.35. The molecule has 0 aromatic heterocycles. The molecule has 41 heavy (non-hydrogen) atoms. The smallest absolute Gasteiger partial charge is 0.151 e. The Morgan fingerprint density at radius 3 is 2.68 bits per heavy atom. The molecule has 0 saturated carbocycles. The van der Waals surface area contributed by atoms with Gasteiger partial charge in [-0.25, -0.2) is 4.39 Å². The maximum atomic E-state index is 13.9. The van der Waals surface area contributed by atoms with Crippen LogP contribution in [0.4, 0.5) is 4.39 Å². The fraction of sp³-hybridized carbons (Fsp3) is 0.455. The van der Waals surface area contributed by atoms with Crippen LogP contribution in [-0.4, -0.2) is 58.1 Å². The van der Waals surface area contributed by atoms with E-state index in [0.29, 0.717) is 30.8 Å². The Labute approximate surface area is 244 Å². The molecule has 0 heterocycles. The molecule has 0 fully saturated rings. The van der Waals surface area contributed by atoms with E-state index in [-0.39, 0.29) is 12.5 Å². The van der Waals surface area contributed by atoms with Crippen molar-refractivity contribution in [1.82, 2.24) is 10.6 Å². The predicted molar refractivity (Wildman–Crippen MR) is 168 cm³/mol. The highest BCUT2D eigenvalue weighted by atomic mass is 19.1. The van der Waals surface area contributed by atoms with E-state index in [1.165, 1.54) is 0 Å². The summed E-state index contributed by atoms with van der Waals surface area (Å²) in [4.78, 5) is 9.06. The number of aliphatic hydroxyl groups is 3. The van der Waals surface area contributed by atoms with E-state index in [1.54, 1.807) is 24.4 Å². The Bertz CT molecular complexity index is 1140. The van der Waals surface area contributed by atoms with Gasteiger partial charge in [-0.3, -0.25) is 15.3 Å². The van der Waals surface area contributed by atoms with Gasteiger partial charge in [-0.2, -0.15) is 0 Å². The number of hydrogen-bond acceptors (Lipinski definition) is 6. The lowest BCUT2D eigenvalue weighted by atomic mass is 9.82. The minimum absolute atomic E-state index is 0.0667. The van der Waals surface area contributed by atoms with E-state index in [1.807, 2.05) is 51.2 Å². The van der Waals surface area contributed by atoms with Gasteiger partial charge in [0.15, 0.2) is 6.29 Å². The highest BCUT2D eigenvalue weighted by Crippen LogP contribution is 2.33. The largest absolute Gasteiger partial charge is 0.374 e. The minimum Gasteiger partial charge on any atom is -0.374 e. The molecule has 7 nitrogen and oxygen atoms in total. The zero-order valence-corrected chi connectivity index (χ0v) is 24.7. The summed E-state index contributed by atoms with van der Waals surface area (Å²) in [6.07, 6.45) is 17.7. The molecule has 224 valence electrons. The summed E-state index contributed by atoms with van der Waals surface area (Å²) >= 11 is 0. The summed E-state index contributed by atoms with van der Waals surface area (Å²) in [6, 6.07) is -0.0667. The van der Waals surface area contributed by atoms with Gasteiger partial charge in [-0.05, 0) is 88.2 Å². The molecule has 0 aromatic rings. The van der Waals surface area contributed by atoms with Crippen LogP contribution in [0.25, 0.3) is 0 Å². The quantitative estimate of drug-likeness (QED) is 0.0441. The molecule has 5 N–H and O–H groups in total. The van der Waals surface area contributed by atoms with Crippen LogP contribution in [0.3, 0.4) is 0 Å².